The highest BCUT2D eigenvalue weighted by molar-refractivity contribution is 7.84. The maximum atomic E-state index is 11.9. The highest BCUT2D eigenvalue weighted by atomic mass is 32.2. The smallest absolute Gasteiger partial charge is 0.0749 e. The molecule has 2 N–H and O–H groups in total. The van der Waals surface area contributed by atoms with Crippen molar-refractivity contribution in [3.63, 3.8) is 0 Å². The van der Waals surface area contributed by atoms with E-state index in [0.29, 0.717) is 17.5 Å². The Labute approximate surface area is 111 Å². The van der Waals surface area contributed by atoms with Gasteiger partial charge in [0.15, 0.2) is 0 Å². The molecule has 2 rings (SSSR count). The van der Waals surface area contributed by atoms with E-state index >= 15 is 0 Å². The van der Waals surface area contributed by atoms with Gasteiger partial charge in [-0.3, -0.25) is 8.89 Å². The standard InChI is InChI=1S/C13H23N3OS/c1-13(2,14)10-18(17)9-11-7-8-16(15-11)12-5-3-4-6-12/h7-8,12H,3-6,9-10,14H2,1-2H3. The van der Waals surface area contributed by atoms with Gasteiger partial charge in [-0.05, 0) is 32.8 Å². The molecule has 0 aromatic carbocycles. The van der Waals surface area contributed by atoms with E-state index in [1.807, 2.05) is 30.8 Å². The summed E-state index contributed by atoms with van der Waals surface area (Å²) in [6, 6.07) is 2.54. The van der Waals surface area contributed by atoms with Gasteiger partial charge in [0.2, 0.25) is 0 Å². The highest BCUT2D eigenvalue weighted by Gasteiger charge is 2.19. The Balaban J connectivity index is 1.92. The van der Waals surface area contributed by atoms with Crippen molar-refractivity contribution in [2.24, 2.45) is 5.73 Å². The van der Waals surface area contributed by atoms with E-state index in [0.717, 1.165) is 5.69 Å². The number of nitrogens with zero attached hydrogens (tertiary/aromatic N) is 2. The minimum Gasteiger partial charge on any atom is -0.325 e. The Bertz CT molecular complexity index is 416. The lowest BCUT2D eigenvalue weighted by atomic mass is 10.1. The molecule has 1 atom stereocenters. The third-order valence-electron chi connectivity index (χ3n) is 3.20. The molecule has 1 unspecified atom stereocenters. The van der Waals surface area contributed by atoms with Gasteiger partial charge in [0.25, 0.3) is 0 Å². The lowest BCUT2D eigenvalue weighted by Gasteiger charge is -2.16. The fourth-order valence-corrected chi connectivity index (χ4v) is 3.87. The molecule has 0 radical (unpaired) electrons. The minimum atomic E-state index is -0.929. The van der Waals surface area contributed by atoms with E-state index in [-0.39, 0.29) is 5.54 Å². The van der Waals surface area contributed by atoms with Gasteiger partial charge >= 0.3 is 0 Å². The topological polar surface area (TPSA) is 60.9 Å². The molecule has 1 aliphatic rings. The molecule has 0 spiro atoms. The van der Waals surface area contributed by atoms with Crippen LogP contribution < -0.4 is 5.73 Å². The van der Waals surface area contributed by atoms with Gasteiger partial charge in [0.1, 0.15) is 0 Å². The van der Waals surface area contributed by atoms with Crippen molar-refractivity contribution in [1.29, 1.82) is 0 Å². The minimum absolute atomic E-state index is 0.376. The lowest BCUT2D eigenvalue weighted by molar-refractivity contribution is 0.464. The maximum absolute atomic E-state index is 11.9. The van der Waals surface area contributed by atoms with Crippen molar-refractivity contribution < 1.29 is 4.21 Å². The third-order valence-corrected chi connectivity index (χ3v) is 4.89. The van der Waals surface area contributed by atoms with Gasteiger partial charge < -0.3 is 5.73 Å². The molecule has 1 aromatic rings. The van der Waals surface area contributed by atoms with Crippen LogP contribution in [0.3, 0.4) is 0 Å². The van der Waals surface area contributed by atoms with Crippen LogP contribution >= 0.6 is 0 Å². The van der Waals surface area contributed by atoms with Gasteiger partial charge in [-0.25, -0.2) is 0 Å². The van der Waals surface area contributed by atoms with Crippen LogP contribution in [-0.2, 0) is 16.6 Å². The zero-order chi connectivity index (χ0) is 13.2. The molecule has 0 amide bonds. The predicted molar refractivity (Wildman–Crippen MR) is 74.7 cm³/mol. The summed E-state index contributed by atoms with van der Waals surface area (Å²) in [6.45, 7) is 3.81. The van der Waals surface area contributed by atoms with E-state index in [1.54, 1.807) is 0 Å². The molecule has 1 aromatic heterocycles. The molecule has 18 heavy (non-hydrogen) atoms. The summed E-state index contributed by atoms with van der Waals surface area (Å²) in [4.78, 5) is 0. The quantitative estimate of drug-likeness (QED) is 0.889. The molecule has 5 heteroatoms. The predicted octanol–water partition coefficient (Wildman–Crippen LogP) is 1.98. The van der Waals surface area contributed by atoms with Crippen LogP contribution in [-0.4, -0.2) is 25.3 Å². The number of hydrogen-bond donors (Lipinski definition) is 1. The Kier molecular flexibility index (Phi) is 4.22. The Morgan fingerprint density at radius 3 is 2.78 bits per heavy atom. The molecule has 102 valence electrons. The summed E-state index contributed by atoms with van der Waals surface area (Å²) in [7, 11) is -0.929. The number of aromatic nitrogens is 2. The van der Waals surface area contributed by atoms with Crippen molar-refractivity contribution in [2.45, 2.75) is 56.9 Å². The highest BCUT2D eigenvalue weighted by Crippen LogP contribution is 2.28. The summed E-state index contributed by atoms with van der Waals surface area (Å²) < 4.78 is 14.0. The fraction of sp³-hybridized carbons (Fsp3) is 0.769. The normalized spacial score (nSPS) is 19.3. The second-order valence-corrected chi connectivity index (χ2v) is 7.40. The van der Waals surface area contributed by atoms with Gasteiger partial charge in [-0.2, -0.15) is 5.10 Å². The summed E-state index contributed by atoms with van der Waals surface area (Å²) in [5.41, 5.74) is 6.42. The van der Waals surface area contributed by atoms with Crippen molar-refractivity contribution in [2.75, 3.05) is 5.75 Å². The first kappa shape index (κ1) is 13.7. The summed E-state index contributed by atoms with van der Waals surface area (Å²) in [5.74, 6) is 1.03. The number of rotatable bonds is 5. The average molecular weight is 269 g/mol. The molecule has 0 bridgehead atoms. The molecule has 1 saturated carbocycles. The Hall–Kier alpha value is -0.680. The van der Waals surface area contributed by atoms with E-state index in [9.17, 15) is 4.21 Å². The number of nitrogens with two attached hydrogens (primary N) is 1. The van der Waals surface area contributed by atoms with E-state index in [4.69, 9.17) is 5.73 Å². The Morgan fingerprint density at radius 2 is 2.17 bits per heavy atom. The Morgan fingerprint density at radius 1 is 1.50 bits per heavy atom. The van der Waals surface area contributed by atoms with Crippen molar-refractivity contribution in [3.05, 3.63) is 18.0 Å². The van der Waals surface area contributed by atoms with Crippen molar-refractivity contribution >= 4 is 10.8 Å². The molecule has 1 heterocycles. The largest absolute Gasteiger partial charge is 0.325 e. The molecule has 0 aliphatic heterocycles. The molecular formula is C13H23N3OS. The van der Waals surface area contributed by atoms with E-state index in [2.05, 4.69) is 5.10 Å². The van der Waals surface area contributed by atoms with Crippen LogP contribution in [0.5, 0.6) is 0 Å². The first-order valence-electron chi connectivity index (χ1n) is 6.62. The van der Waals surface area contributed by atoms with Crippen molar-refractivity contribution in [1.82, 2.24) is 9.78 Å². The van der Waals surface area contributed by atoms with Crippen molar-refractivity contribution in [3.8, 4) is 0 Å². The fourth-order valence-electron chi connectivity index (χ4n) is 2.46. The second-order valence-electron chi connectivity index (χ2n) is 5.94. The van der Waals surface area contributed by atoms with Crippen LogP contribution in [0, 0.1) is 0 Å². The van der Waals surface area contributed by atoms with E-state index in [1.165, 1.54) is 25.7 Å². The van der Waals surface area contributed by atoms with Crippen LogP contribution in [0.15, 0.2) is 12.3 Å². The molecular weight excluding hydrogens is 246 g/mol. The van der Waals surface area contributed by atoms with Gasteiger partial charge in [0, 0.05) is 28.3 Å². The first-order chi connectivity index (χ1) is 8.44. The zero-order valence-corrected chi connectivity index (χ0v) is 12.1. The summed E-state index contributed by atoms with van der Waals surface area (Å²) in [5, 5.41) is 4.55. The first-order valence-corrected chi connectivity index (χ1v) is 8.11. The molecule has 1 aliphatic carbocycles. The number of hydrogen-bond acceptors (Lipinski definition) is 3. The lowest BCUT2D eigenvalue weighted by Crippen LogP contribution is -2.38. The van der Waals surface area contributed by atoms with Crippen LogP contribution in [0.1, 0.15) is 51.3 Å². The summed E-state index contributed by atoms with van der Waals surface area (Å²) >= 11 is 0. The van der Waals surface area contributed by atoms with Gasteiger partial charge in [0.05, 0.1) is 17.5 Å². The van der Waals surface area contributed by atoms with E-state index < -0.39 is 10.8 Å². The summed E-state index contributed by atoms with van der Waals surface area (Å²) in [6.07, 6.45) is 7.07. The average Bonchev–Trinajstić information content (AvgIpc) is 2.82. The van der Waals surface area contributed by atoms with Gasteiger partial charge in [-0.15, -0.1) is 0 Å². The van der Waals surface area contributed by atoms with Crippen LogP contribution in [0.25, 0.3) is 0 Å². The molecule has 4 nitrogen and oxygen atoms in total. The zero-order valence-electron chi connectivity index (χ0n) is 11.3. The van der Waals surface area contributed by atoms with Crippen LogP contribution in [0.2, 0.25) is 0 Å². The molecule has 0 saturated heterocycles. The molecule has 1 fully saturated rings. The second kappa shape index (κ2) is 5.53. The monoisotopic (exact) mass is 269 g/mol. The van der Waals surface area contributed by atoms with Crippen LogP contribution in [0.4, 0.5) is 0 Å². The maximum Gasteiger partial charge on any atom is 0.0749 e. The third kappa shape index (κ3) is 3.92. The SMILES string of the molecule is CC(C)(N)CS(=O)Cc1ccn(C2CCCC2)n1. The van der Waals surface area contributed by atoms with Gasteiger partial charge in [-0.1, -0.05) is 12.8 Å².